The van der Waals surface area contributed by atoms with Gasteiger partial charge in [0.15, 0.2) is 15.8 Å². The summed E-state index contributed by atoms with van der Waals surface area (Å²) in [4.78, 5) is 28.9. The highest BCUT2D eigenvalue weighted by atomic mass is 35.5. The van der Waals surface area contributed by atoms with Crippen molar-refractivity contribution < 1.29 is 28.9 Å². The van der Waals surface area contributed by atoms with Gasteiger partial charge in [-0.2, -0.15) is 0 Å². The van der Waals surface area contributed by atoms with Crippen molar-refractivity contribution in [1.82, 2.24) is 10.2 Å². The van der Waals surface area contributed by atoms with Crippen molar-refractivity contribution in [1.29, 1.82) is 0 Å². The van der Waals surface area contributed by atoms with E-state index in [1.54, 1.807) is 49.6 Å². The maximum Gasteiger partial charge on any atom is 0.301 e. The first-order valence-electron chi connectivity index (χ1n) is 16.4. The third-order valence-corrected chi connectivity index (χ3v) is 10.4. The van der Waals surface area contributed by atoms with Crippen LogP contribution in [0.3, 0.4) is 0 Å². The highest BCUT2D eigenvalue weighted by Crippen LogP contribution is 2.45. The maximum absolute atomic E-state index is 13.8. The number of benzene rings is 3. The Morgan fingerprint density at radius 2 is 1.63 bits per heavy atom. The van der Waals surface area contributed by atoms with Gasteiger partial charge in [0.1, 0.15) is 11.5 Å². The van der Waals surface area contributed by atoms with Crippen molar-refractivity contribution in [3.8, 4) is 17.2 Å². The Labute approximate surface area is 300 Å². The number of thioether (sulfide) groups is 1. The molecule has 1 aromatic heterocycles. The molecule has 0 aliphatic carbocycles. The number of nitrogens with zero attached hydrogens (tertiary/aromatic N) is 3. The molecule has 0 bridgehead atoms. The van der Waals surface area contributed by atoms with Gasteiger partial charge in [0, 0.05) is 16.3 Å². The highest BCUT2D eigenvalue weighted by Gasteiger charge is 2.48. The zero-order valence-corrected chi connectivity index (χ0v) is 30.2. The number of amides is 1. The summed E-state index contributed by atoms with van der Waals surface area (Å²) in [6.45, 7) is 5.36. The Kier molecular flexibility index (Phi) is 13.0. The predicted molar refractivity (Wildman–Crippen MR) is 195 cm³/mol. The van der Waals surface area contributed by atoms with E-state index in [0.717, 1.165) is 44.1 Å². The van der Waals surface area contributed by atoms with E-state index >= 15 is 0 Å². The number of aliphatic hydroxyl groups excluding tert-OH is 1. The summed E-state index contributed by atoms with van der Waals surface area (Å²) in [7, 11) is 1.54. The number of rotatable bonds is 17. The second-order valence-electron chi connectivity index (χ2n) is 11.5. The molecule has 1 aliphatic rings. The van der Waals surface area contributed by atoms with Gasteiger partial charge >= 0.3 is 5.91 Å². The predicted octanol–water partition coefficient (Wildman–Crippen LogP) is 9.26. The SMILES string of the molecule is CCCCCCOc1ccc(C2/C(=C(/O)c3ccc(OCCCC)cc3)C(=O)C(=O)N2c2nnc(SCc3ccc(Cl)cc3)s2)cc1OC. The van der Waals surface area contributed by atoms with E-state index in [1.165, 1.54) is 28.0 Å². The van der Waals surface area contributed by atoms with Gasteiger partial charge in [-0.15, -0.1) is 10.2 Å². The van der Waals surface area contributed by atoms with Crippen LogP contribution in [0.2, 0.25) is 5.02 Å². The third-order valence-electron chi connectivity index (χ3n) is 7.98. The number of methoxy groups -OCH3 is 1. The van der Waals surface area contributed by atoms with Gasteiger partial charge < -0.3 is 19.3 Å². The zero-order chi connectivity index (χ0) is 34.8. The van der Waals surface area contributed by atoms with E-state index in [9.17, 15) is 14.7 Å². The van der Waals surface area contributed by atoms with Gasteiger partial charge in [-0.25, -0.2) is 0 Å². The van der Waals surface area contributed by atoms with Crippen molar-refractivity contribution in [2.75, 3.05) is 25.2 Å². The smallest absolute Gasteiger partial charge is 0.301 e. The molecule has 1 amide bonds. The molecule has 49 heavy (non-hydrogen) atoms. The van der Waals surface area contributed by atoms with E-state index in [0.29, 0.717) is 56.7 Å². The highest BCUT2D eigenvalue weighted by molar-refractivity contribution is 8.00. The lowest BCUT2D eigenvalue weighted by atomic mass is 9.95. The Hall–Kier alpha value is -4.06. The lowest BCUT2D eigenvalue weighted by Gasteiger charge is -2.23. The van der Waals surface area contributed by atoms with Crippen LogP contribution >= 0.6 is 34.7 Å². The first-order chi connectivity index (χ1) is 23.8. The van der Waals surface area contributed by atoms with Crippen LogP contribution < -0.4 is 19.1 Å². The van der Waals surface area contributed by atoms with Gasteiger partial charge in [-0.3, -0.25) is 14.5 Å². The second kappa shape index (κ2) is 17.6. The normalized spacial score (nSPS) is 15.5. The monoisotopic (exact) mass is 721 g/mol. The van der Waals surface area contributed by atoms with Gasteiger partial charge in [0.2, 0.25) is 5.13 Å². The third kappa shape index (κ3) is 8.95. The minimum Gasteiger partial charge on any atom is -0.507 e. The van der Waals surface area contributed by atoms with Crippen LogP contribution in [0, 0.1) is 0 Å². The molecule has 1 fully saturated rings. The van der Waals surface area contributed by atoms with Gasteiger partial charge in [-0.1, -0.05) is 92.4 Å². The van der Waals surface area contributed by atoms with E-state index in [4.69, 9.17) is 25.8 Å². The summed E-state index contributed by atoms with van der Waals surface area (Å²) in [6, 6.07) is 18.6. The average Bonchev–Trinajstić information content (AvgIpc) is 3.69. The lowest BCUT2D eigenvalue weighted by molar-refractivity contribution is -0.132. The van der Waals surface area contributed by atoms with Crippen LogP contribution in [-0.2, 0) is 15.3 Å². The Morgan fingerprint density at radius 3 is 2.35 bits per heavy atom. The van der Waals surface area contributed by atoms with Crippen molar-refractivity contribution in [3.05, 3.63) is 94.0 Å². The van der Waals surface area contributed by atoms with Crippen LogP contribution in [0.1, 0.15) is 75.1 Å². The minimum absolute atomic E-state index is 0.0643. The fraction of sp³-hybridized carbons (Fsp3) is 0.351. The van der Waals surface area contributed by atoms with E-state index < -0.39 is 17.7 Å². The number of hydrogen-bond acceptors (Lipinski definition) is 10. The average molecular weight is 722 g/mol. The molecule has 0 spiro atoms. The van der Waals surface area contributed by atoms with E-state index in [1.807, 2.05) is 24.3 Å². The number of aliphatic hydroxyl groups is 1. The van der Waals surface area contributed by atoms with Gasteiger partial charge in [0.25, 0.3) is 5.78 Å². The number of carbonyl (C=O) groups excluding carboxylic acids is 2. The molecular weight excluding hydrogens is 682 g/mol. The number of anilines is 1. The van der Waals surface area contributed by atoms with Crippen molar-refractivity contribution >= 4 is 57.3 Å². The summed E-state index contributed by atoms with van der Waals surface area (Å²) in [5.41, 5.74) is 1.90. The molecule has 4 aromatic rings. The summed E-state index contributed by atoms with van der Waals surface area (Å²) in [5, 5.41) is 21.2. The molecule has 5 rings (SSSR count). The number of hydrogen-bond donors (Lipinski definition) is 1. The number of ether oxygens (including phenoxy) is 3. The molecule has 1 atom stereocenters. The topological polar surface area (TPSA) is 111 Å². The first kappa shape index (κ1) is 36.2. The molecule has 3 aromatic carbocycles. The molecule has 12 heteroatoms. The molecule has 2 heterocycles. The summed E-state index contributed by atoms with van der Waals surface area (Å²) < 4.78 is 18.1. The molecule has 9 nitrogen and oxygen atoms in total. The van der Waals surface area contributed by atoms with Crippen molar-refractivity contribution in [2.24, 2.45) is 0 Å². The van der Waals surface area contributed by atoms with Crippen LogP contribution in [0.4, 0.5) is 5.13 Å². The number of halogens is 1. The number of aromatic nitrogens is 2. The fourth-order valence-electron chi connectivity index (χ4n) is 5.31. The van der Waals surface area contributed by atoms with Crippen molar-refractivity contribution in [2.45, 2.75) is 68.5 Å². The van der Waals surface area contributed by atoms with Crippen molar-refractivity contribution in [3.63, 3.8) is 0 Å². The maximum atomic E-state index is 13.8. The molecule has 258 valence electrons. The number of Topliss-reactive ketones (excluding diaryl/α,β-unsaturated/α-hetero) is 1. The summed E-state index contributed by atoms with van der Waals surface area (Å²) >= 11 is 8.69. The standard InChI is InChI=1S/C37H40ClN3O6S2/c1-4-6-8-9-21-47-29-19-14-26(22-30(29)45-3)32-31(33(42)25-12-17-28(18-13-25)46-20-7-5-2)34(43)35(44)41(32)36-39-40-37(49-36)48-23-24-10-15-27(38)16-11-24/h10-19,22,32,42H,4-9,20-21,23H2,1-3H3/b33-31-. The Morgan fingerprint density at radius 1 is 0.898 bits per heavy atom. The van der Waals surface area contributed by atoms with Crippen LogP contribution in [0.25, 0.3) is 5.76 Å². The molecule has 1 aliphatic heterocycles. The minimum atomic E-state index is -1.00. The van der Waals surface area contributed by atoms with Crippen LogP contribution in [0.5, 0.6) is 17.2 Å². The Bertz CT molecular complexity index is 1760. The Balaban J connectivity index is 1.49. The lowest BCUT2D eigenvalue weighted by Crippen LogP contribution is -2.29. The quantitative estimate of drug-likeness (QED) is 0.0285. The number of ketones is 1. The molecule has 0 radical (unpaired) electrons. The van der Waals surface area contributed by atoms with Crippen LogP contribution in [-0.4, -0.2) is 47.3 Å². The fourth-order valence-corrected chi connectivity index (χ4v) is 7.26. The molecule has 1 N–H and O–H groups in total. The van der Waals surface area contributed by atoms with E-state index in [2.05, 4.69) is 24.0 Å². The summed E-state index contributed by atoms with van der Waals surface area (Å²) in [5.74, 6) is 0.318. The molecule has 1 unspecified atom stereocenters. The largest absolute Gasteiger partial charge is 0.507 e. The molecule has 1 saturated heterocycles. The van der Waals surface area contributed by atoms with Gasteiger partial charge in [0.05, 0.1) is 31.9 Å². The van der Waals surface area contributed by atoms with E-state index in [-0.39, 0.29) is 16.5 Å². The number of carbonyl (C=O) groups is 2. The molecule has 0 saturated carbocycles. The zero-order valence-electron chi connectivity index (χ0n) is 27.8. The van der Waals surface area contributed by atoms with Gasteiger partial charge in [-0.05, 0) is 72.5 Å². The second-order valence-corrected chi connectivity index (χ2v) is 14.1. The summed E-state index contributed by atoms with van der Waals surface area (Å²) in [6.07, 6.45) is 6.18. The first-order valence-corrected chi connectivity index (χ1v) is 18.6. The van der Waals surface area contributed by atoms with Crippen LogP contribution in [0.15, 0.2) is 76.6 Å². The molecular formula is C37H40ClN3O6S2. The number of unbranched alkanes of at least 4 members (excludes halogenated alkanes) is 4.